The van der Waals surface area contributed by atoms with Crippen molar-refractivity contribution in [2.45, 2.75) is 0 Å². The van der Waals surface area contributed by atoms with Gasteiger partial charge in [-0.05, 0) is 12.1 Å². The van der Waals surface area contributed by atoms with Gasteiger partial charge in [0, 0.05) is 31.2 Å². The van der Waals surface area contributed by atoms with E-state index >= 15 is 0 Å². The predicted molar refractivity (Wildman–Crippen MR) is 66.5 cm³/mol. The van der Waals surface area contributed by atoms with Crippen molar-refractivity contribution in [3.05, 3.63) is 43.1 Å². The number of benzene rings is 1. The number of carbonyl (C=O) groups is 1. The number of para-hydroxylation sites is 1. The van der Waals surface area contributed by atoms with Crippen LogP contribution in [0.25, 0.3) is 10.9 Å². The fraction of sp³-hybridized carbons (Fsp3) is 0.154. The van der Waals surface area contributed by atoms with Gasteiger partial charge in [0.2, 0.25) is 5.91 Å². The number of amides is 1. The molecule has 1 heterocycles. The molecule has 0 radical (unpaired) electrons. The van der Waals surface area contributed by atoms with Gasteiger partial charge in [0.15, 0.2) is 0 Å². The van der Waals surface area contributed by atoms with Crippen LogP contribution in [0.5, 0.6) is 0 Å². The average Bonchev–Trinajstić information content (AvgIpc) is 2.65. The molecule has 1 aromatic heterocycles. The third-order valence-corrected chi connectivity index (χ3v) is 2.74. The molecule has 3 heteroatoms. The summed E-state index contributed by atoms with van der Waals surface area (Å²) in [6, 6.07) is 8.00. The first kappa shape index (κ1) is 10.5. The highest BCUT2D eigenvalue weighted by Gasteiger charge is 2.13. The maximum absolute atomic E-state index is 11.6. The van der Waals surface area contributed by atoms with Gasteiger partial charge < -0.3 is 9.47 Å². The van der Waals surface area contributed by atoms with E-state index in [-0.39, 0.29) is 5.91 Å². The second-order valence-electron chi connectivity index (χ2n) is 3.74. The minimum atomic E-state index is -0.101. The van der Waals surface area contributed by atoms with E-state index in [1.807, 2.05) is 42.1 Å². The molecule has 0 saturated heterocycles. The Morgan fingerprint density at radius 3 is 2.81 bits per heavy atom. The largest absolute Gasteiger partial charge is 0.348 e. The molecule has 0 spiro atoms. The van der Waals surface area contributed by atoms with E-state index < -0.39 is 0 Å². The van der Waals surface area contributed by atoms with Crippen molar-refractivity contribution < 1.29 is 4.79 Å². The number of hydrogen-bond donors (Lipinski definition) is 0. The van der Waals surface area contributed by atoms with Crippen molar-refractivity contribution >= 4 is 22.5 Å². The first-order valence-electron chi connectivity index (χ1n) is 5.09. The van der Waals surface area contributed by atoms with Crippen molar-refractivity contribution in [3.8, 4) is 0 Å². The number of anilines is 1. The van der Waals surface area contributed by atoms with Crippen LogP contribution in [0.3, 0.4) is 0 Å². The quantitative estimate of drug-likeness (QED) is 0.704. The lowest BCUT2D eigenvalue weighted by Crippen LogP contribution is -2.23. The fourth-order valence-corrected chi connectivity index (χ4v) is 1.84. The van der Waals surface area contributed by atoms with Crippen molar-refractivity contribution in [1.82, 2.24) is 4.57 Å². The summed E-state index contributed by atoms with van der Waals surface area (Å²) in [7, 11) is 3.73. The van der Waals surface area contributed by atoms with Gasteiger partial charge in [0.05, 0.1) is 5.69 Å². The van der Waals surface area contributed by atoms with E-state index in [9.17, 15) is 4.79 Å². The van der Waals surface area contributed by atoms with Crippen molar-refractivity contribution in [3.63, 3.8) is 0 Å². The Kier molecular flexibility index (Phi) is 2.52. The number of carbonyl (C=O) groups excluding carboxylic acids is 1. The number of fused-ring (bicyclic) bond motifs is 1. The minimum Gasteiger partial charge on any atom is -0.348 e. The Balaban J connectivity index is 2.61. The summed E-state index contributed by atoms with van der Waals surface area (Å²) in [5.41, 5.74) is 2.02. The first-order chi connectivity index (χ1) is 7.65. The molecule has 16 heavy (non-hydrogen) atoms. The first-order valence-corrected chi connectivity index (χ1v) is 5.09. The average molecular weight is 214 g/mol. The zero-order valence-corrected chi connectivity index (χ0v) is 9.47. The van der Waals surface area contributed by atoms with Crippen molar-refractivity contribution in [2.75, 3.05) is 11.9 Å². The number of likely N-dealkylation sites (N-methyl/N-ethyl adjacent to an activating group) is 1. The van der Waals surface area contributed by atoms with E-state index in [4.69, 9.17) is 0 Å². The molecule has 0 saturated carbocycles. The van der Waals surface area contributed by atoms with Gasteiger partial charge in [-0.2, -0.15) is 0 Å². The molecular formula is C13H14N2O. The minimum absolute atomic E-state index is 0.101. The number of rotatable bonds is 2. The third kappa shape index (κ3) is 1.50. The molecule has 0 N–H and O–H groups in total. The third-order valence-electron chi connectivity index (χ3n) is 2.74. The lowest BCUT2D eigenvalue weighted by atomic mass is 10.2. The van der Waals surface area contributed by atoms with Crippen LogP contribution in [-0.2, 0) is 11.8 Å². The van der Waals surface area contributed by atoms with Crippen LogP contribution >= 0.6 is 0 Å². The standard InChI is InChI=1S/C13H14N2O/c1-4-13(16)15(3)12-9-14(2)11-8-6-5-7-10(11)12/h4-9H,1H2,2-3H3. The highest BCUT2D eigenvalue weighted by atomic mass is 16.2. The number of hydrogen-bond acceptors (Lipinski definition) is 1. The van der Waals surface area contributed by atoms with E-state index in [2.05, 4.69) is 6.58 Å². The summed E-state index contributed by atoms with van der Waals surface area (Å²) >= 11 is 0. The van der Waals surface area contributed by atoms with Gasteiger partial charge >= 0.3 is 0 Å². The molecule has 2 rings (SSSR count). The van der Waals surface area contributed by atoms with Gasteiger partial charge in [-0.1, -0.05) is 24.8 Å². The number of aryl methyl sites for hydroxylation is 1. The summed E-state index contributed by atoms with van der Waals surface area (Å²) in [6.45, 7) is 3.50. The van der Waals surface area contributed by atoms with Gasteiger partial charge in [0.1, 0.15) is 0 Å². The summed E-state index contributed by atoms with van der Waals surface area (Å²) in [5, 5.41) is 1.07. The molecule has 1 aromatic carbocycles. The molecule has 0 fully saturated rings. The Morgan fingerprint density at radius 1 is 1.44 bits per heavy atom. The summed E-state index contributed by atoms with van der Waals surface area (Å²) in [4.78, 5) is 13.2. The smallest absolute Gasteiger partial charge is 0.250 e. The van der Waals surface area contributed by atoms with Gasteiger partial charge in [-0.3, -0.25) is 4.79 Å². The Hall–Kier alpha value is -2.03. The monoisotopic (exact) mass is 214 g/mol. The molecule has 3 nitrogen and oxygen atoms in total. The van der Waals surface area contributed by atoms with Crippen LogP contribution < -0.4 is 4.90 Å². The topological polar surface area (TPSA) is 25.2 Å². The molecule has 0 aliphatic carbocycles. The van der Waals surface area contributed by atoms with Gasteiger partial charge in [-0.25, -0.2) is 0 Å². The Bertz CT molecular complexity index is 554. The number of aromatic nitrogens is 1. The highest BCUT2D eigenvalue weighted by molar-refractivity contribution is 6.07. The molecule has 0 atom stereocenters. The summed E-state index contributed by atoms with van der Waals surface area (Å²) in [6.07, 6.45) is 3.27. The second kappa shape index (κ2) is 3.85. The maximum Gasteiger partial charge on any atom is 0.250 e. The van der Waals surface area contributed by atoms with E-state index in [1.54, 1.807) is 11.9 Å². The zero-order valence-electron chi connectivity index (χ0n) is 9.47. The lowest BCUT2D eigenvalue weighted by Gasteiger charge is -2.13. The molecule has 2 aromatic rings. The van der Waals surface area contributed by atoms with Crippen molar-refractivity contribution in [2.24, 2.45) is 7.05 Å². The van der Waals surface area contributed by atoms with Crippen LogP contribution in [-0.4, -0.2) is 17.5 Å². The van der Waals surface area contributed by atoms with Crippen LogP contribution in [0.2, 0.25) is 0 Å². The SMILES string of the molecule is C=CC(=O)N(C)c1cn(C)c2ccccc12. The van der Waals surface area contributed by atoms with Crippen molar-refractivity contribution in [1.29, 1.82) is 0 Å². The predicted octanol–water partition coefficient (Wildman–Crippen LogP) is 2.33. The maximum atomic E-state index is 11.6. The molecule has 1 amide bonds. The van der Waals surface area contributed by atoms with Crippen LogP contribution in [0.4, 0.5) is 5.69 Å². The van der Waals surface area contributed by atoms with Gasteiger partial charge in [0.25, 0.3) is 0 Å². The normalized spacial score (nSPS) is 10.4. The summed E-state index contributed by atoms with van der Waals surface area (Å²) < 4.78 is 2.01. The van der Waals surface area contributed by atoms with Crippen LogP contribution in [0, 0.1) is 0 Å². The summed E-state index contributed by atoms with van der Waals surface area (Å²) in [5.74, 6) is -0.101. The van der Waals surface area contributed by atoms with E-state index in [0.717, 1.165) is 16.6 Å². The van der Waals surface area contributed by atoms with E-state index in [1.165, 1.54) is 6.08 Å². The molecule has 0 unspecified atom stereocenters. The van der Waals surface area contributed by atoms with E-state index in [0.29, 0.717) is 0 Å². The molecule has 82 valence electrons. The number of nitrogens with zero attached hydrogens (tertiary/aromatic N) is 2. The Labute approximate surface area is 94.6 Å². The molecule has 0 aliphatic rings. The Morgan fingerprint density at radius 2 is 2.12 bits per heavy atom. The molecular weight excluding hydrogens is 200 g/mol. The molecule has 0 aliphatic heterocycles. The lowest BCUT2D eigenvalue weighted by molar-refractivity contribution is -0.113. The van der Waals surface area contributed by atoms with Crippen LogP contribution in [0.15, 0.2) is 43.1 Å². The van der Waals surface area contributed by atoms with Crippen LogP contribution in [0.1, 0.15) is 0 Å². The highest BCUT2D eigenvalue weighted by Crippen LogP contribution is 2.27. The van der Waals surface area contributed by atoms with Gasteiger partial charge in [-0.15, -0.1) is 0 Å². The zero-order chi connectivity index (χ0) is 11.7. The second-order valence-corrected chi connectivity index (χ2v) is 3.74. The molecule has 0 bridgehead atoms. The fourth-order valence-electron chi connectivity index (χ4n) is 1.84.